The van der Waals surface area contributed by atoms with Crippen LogP contribution in [0.3, 0.4) is 0 Å². The second-order valence-electron chi connectivity index (χ2n) is 7.32. The number of nitrogens with zero attached hydrogens (tertiary/aromatic N) is 4. The lowest BCUT2D eigenvalue weighted by molar-refractivity contribution is 0.0738. The van der Waals surface area contributed by atoms with Crippen LogP contribution in [0.25, 0.3) is 11.0 Å². The van der Waals surface area contributed by atoms with Gasteiger partial charge in [-0.15, -0.1) is 0 Å². The van der Waals surface area contributed by atoms with Gasteiger partial charge in [0.15, 0.2) is 5.69 Å². The predicted molar refractivity (Wildman–Crippen MR) is 106 cm³/mol. The van der Waals surface area contributed by atoms with Crippen LogP contribution < -0.4 is 0 Å². The highest BCUT2D eigenvalue weighted by atomic mass is 16.2. The summed E-state index contributed by atoms with van der Waals surface area (Å²) < 4.78 is 2.08. The molecule has 2 aromatic heterocycles. The average molecular weight is 363 g/mol. The minimum Gasteiger partial charge on any atom is -0.327 e. The first-order valence-electron chi connectivity index (χ1n) is 9.51. The molecule has 0 saturated carbocycles. The molecule has 6 heteroatoms. The van der Waals surface area contributed by atoms with E-state index in [1.165, 1.54) is 11.1 Å². The van der Waals surface area contributed by atoms with Gasteiger partial charge >= 0.3 is 0 Å². The first-order valence-corrected chi connectivity index (χ1v) is 9.51. The first-order chi connectivity index (χ1) is 13.1. The quantitative estimate of drug-likeness (QED) is 0.704. The van der Waals surface area contributed by atoms with Crippen LogP contribution in [-0.4, -0.2) is 43.1 Å². The van der Waals surface area contributed by atoms with Crippen molar-refractivity contribution in [2.45, 2.75) is 46.2 Å². The van der Waals surface area contributed by atoms with Crippen molar-refractivity contribution in [2.24, 2.45) is 0 Å². The van der Waals surface area contributed by atoms with E-state index in [9.17, 15) is 4.79 Å². The SMILES string of the molecule is CCCC1C=CCN1C(=O)c1cc(Cn2cnc3cc(C)c(C)cc32)[nH]n1. The number of aromatic nitrogens is 4. The first kappa shape index (κ1) is 17.5. The van der Waals surface area contributed by atoms with Crippen molar-refractivity contribution in [1.82, 2.24) is 24.6 Å². The molecule has 0 spiro atoms. The van der Waals surface area contributed by atoms with Crippen LogP contribution in [0.2, 0.25) is 0 Å². The number of nitrogens with one attached hydrogen (secondary N) is 1. The third-order valence-corrected chi connectivity index (χ3v) is 5.33. The van der Waals surface area contributed by atoms with Gasteiger partial charge < -0.3 is 9.47 Å². The summed E-state index contributed by atoms with van der Waals surface area (Å²) in [5.74, 6) is -0.0112. The zero-order valence-corrected chi connectivity index (χ0v) is 16.1. The summed E-state index contributed by atoms with van der Waals surface area (Å²) in [7, 11) is 0. The highest BCUT2D eigenvalue weighted by Gasteiger charge is 2.26. The second kappa shape index (κ2) is 7.02. The van der Waals surface area contributed by atoms with E-state index in [4.69, 9.17) is 0 Å². The molecule has 0 bridgehead atoms. The number of rotatable bonds is 5. The van der Waals surface area contributed by atoms with Gasteiger partial charge in [0.2, 0.25) is 0 Å². The van der Waals surface area contributed by atoms with Crippen molar-refractivity contribution in [3.63, 3.8) is 0 Å². The fourth-order valence-electron chi connectivity index (χ4n) is 3.67. The molecule has 4 rings (SSSR count). The van der Waals surface area contributed by atoms with Gasteiger partial charge in [-0.2, -0.15) is 5.10 Å². The fraction of sp³-hybridized carbons (Fsp3) is 0.381. The van der Waals surface area contributed by atoms with E-state index in [1.54, 1.807) is 0 Å². The molecular weight excluding hydrogens is 338 g/mol. The number of hydrogen-bond acceptors (Lipinski definition) is 3. The lowest BCUT2D eigenvalue weighted by Gasteiger charge is -2.23. The van der Waals surface area contributed by atoms with E-state index in [1.807, 2.05) is 17.3 Å². The van der Waals surface area contributed by atoms with E-state index in [0.717, 1.165) is 29.6 Å². The molecule has 0 aliphatic carbocycles. The smallest absolute Gasteiger partial charge is 0.275 e. The van der Waals surface area contributed by atoms with E-state index < -0.39 is 0 Å². The molecule has 1 N–H and O–H groups in total. The van der Waals surface area contributed by atoms with Crippen LogP contribution in [0.1, 0.15) is 47.1 Å². The molecule has 1 aliphatic rings. The molecule has 1 aliphatic heterocycles. The maximum atomic E-state index is 12.8. The van der Waals surface area contributed by atoms with Crippen molar-refractivity contribution in [1.29, 1.82) is 0 Å². The third-order valence-electron chi connectivity index (χ3n) is 5.33. The van der Waals surface area contributed by atoms with E-state index in [-0.39, 0.29) is 11.9 Å². The third kappa shape index (κ3) is 3.27. The van der Waals surface area contributed by atoms with Crippen molar-refractivity contribution in [3.05, 3.63) is 59.2 Å². The molecule has 1 amide bonds. The highest BCUT2D eigenvalue weighted by Crippen LogP contribution is 2.20. The molecule has 6 nitrogen and oxygen atoms in total. The Morgan fingerprint density at radius 3 is 2.89 bits per heavy atom. The Kier molecular flexibility index (Phi) is 4.56. The molecule has 1 unspecified atom stereocenters. The Morgan fingerprint density at radius 2 is 2.07 bits per heavy atom. The van der Waals surface area contributed by atoms with Gasteiger partial charge in [0.05, 0.1) is 35.6 Å². The molecule has 140 valence electrons. The standard InChI is InChI=1S/C21H25N5O/c1-4-6-17-7-5-8-26(17)21(27)19-11-16(23-24-19)12-25-13-22-18-9-14(2)15(3)10-20(18)25/h5,7,9-11,13,17H,4,6,8,12H2,1-3H3,(H,23,24). The zero-order valence-electron chi connectivity index (χ0n) is 16.1. The van der Waals surface area contributed by atoms with E-state index >= 15 is 0 Å². The number of carbonyl (C=O) groups is 1. The molecule has 1 aromatic carbocycles. The van der Waals surface area contributed by atoms with Crippen LogP contribution in [0.4, 0.5) is 0 Å². The normalized spacial score (nSPS) is 16.6. The van der Waals surface area contributed by atoms with Gasteiger partial charge in [-0.1, -0.05) is 25.5 Å². The van der Waals surface area contributed by atoms with Crippen LogP contribution in [0, 0.1) is 13.8 Å². The zero-order chi connectivity index (χ0) is 19.0. The fourth-order valence-corrected chi connectivity index (χ4v) is 3.67. The number of amides is 1. The van der Waals surface area contributed by atoms with Crippen LogP contribution in [0.15, 0.2) is 36.7 Å². The van der Waals surface area contributed by atoms with Crippen LogP contribution >= 0.6 is 0 Å². The molecular formula is C21H25N5O. The molecule has 3 aromatic rings. The van der Waals surface area contributed by atoms with Gasteiger partial charge in [0.1, 0.15) is 0 Å². The summed E-state index contributed by atoms with van der Waals surface area (Å²) in [6.45, 7) is 7.61. The molecule has 27 heavy (non-hydrogen) atoms. The molecule has 1 atom stereocenters. The minimum absolute atomic E-state index is 0.0112. The summed E-state index contributed by atoms with van der Waals surface area (Å²) in [5, 5.41) is 7.29. The molecule has 0 radical (unpaired) electrons. The van der Waals surface area contributed by atoms with Gasteiger partial charge in [-0.3, -0.25) is 9.89 Å². The van der Waals surface area contributed by atoms with E-state index in [0.29, 0.717) is 18.8 Å². The highest BCUT2D eigenvalue weighted by molar-refractivity contribution is 5.93. The van der Waals surface area contributed by atoms with Gasteiger partial charge in [-0.05, 0) is 49.6 Å². The number of aromatic amines is 1. The van der Waals surface area contributed by atoms with Crippen molar-refractivity contribution >= 4 is 16.9 Å². The monoisotopic (exact) mass is 363 g/mol. The number of H-pyrrole nitrogens is 1. The summed E-state index contributed by atoms with van der Waals surface area (Å²) in [6.07, 6.45) is 8.06. The minimum atomic E-state index is -0.0112. The number of benzene rings is 1. The van der Waals surface area contributed by atoms with Crippen molar-refractivity contribution in [3.8, 4) is 0 Å². The van der Waals surface area contributed by atoms with Crippen molar-refractivity contribution < 1.29 is 4.79 Å². The summed E-state index contributed by atoms with van der Waals surface area (Å²) in [5.41, 5.74) is 5.93. The average Bonchev–Trinajstić information content (AvgIpc) is 3.37. The molecule has 3 heterocycles. The molecule has 0 saturated heterocycles. The summed E-state index contributed by atoms with van der Waals surface area (Å²) >= 11 is 0. The summed E-state index contributed by atoms with van der Waals surface area (Å²) in [4.78, 5) is 19.2. The number of carbonyl (C=O) groups excluding carboxylic acids is 1. The Labute approximate surface area is 158 Å². The van der Waals surface area contributed by atoms with Gasteiger partial charge in [0, 0.05) is 6.54 Å². The predicted octanol–water partition coefficient (Wildman–Crippen LogP) is 3.61. The van der Waals surface area contributed by atoms with Gasteiger partial charge in [-0.25, -0.2) is 4.98 Å². The Bertz CT molecular complexity index is 1010. The lowest BCUT2D eigenvalue weighted by atomic mass is 10.1. The van der Waals surface area contributed by atoms with Crippen LogP contribution in [0.5, 0.6) is 0 Å². The summed E-state index contributed by atoms with van der Waals surface area (Å²) in [6, 6.07) is 6.31. The topological polar surface area (TPSA) is 66.8 Å². The number of imidazole rings is 1. The van der Waals surface area contributed by atoms with Gasteiger partial charge in [0.25, 0.3) is 5.91 Å². The number of hydrogen-bond donors (Lipinski definition) is 1. The maximum absolute atomic E-state index is 12.8. The second-order valence-corrected chi connectivity index (χ2v) is 7.32. The Balaban J connectivity index is 1.53. The Hall–Kier alpha value is -2.89. The van der Waals surface area contributed by atoms with Crippen molar-refractivity contribution in [2.75, 3.05) is 6.54 Å². The Morgan fingerprint density at radius 1 is 1.26 bits per heavy atom. The molecule has 0 fully saturated rings. The van der Waals surface area contributed by atoms with Crippen LogP contribution in [-0.2, 0) is 6.54 Å². The number of aryl methyl sites for hydroxylation is 2. The maximum Gasteiger partial charge on any atom is 0.275 e. The number of fused-ring (bicyclic) bond motifs is 1. The van der Waals surface area contributed by atoms with E-state index in [2.05, 4.69) is 64.8 Å². The lowest BCUT2D eigenvalue weighted by Crippen LogP contribution is -2.36. The largest absolute Gasteiger partial charge is 0.327 e.